The van der Waals surface area contributed by atoms with Gasteiger partial charge < -0.3 is 11.1 Å². The SMILES string of the molecule is CCN(CC(=O)Nc1ccccc1N)CC1CC1. The van der Waals surface area contributed by atoms with E-state index in [4.69, 9.17) is 5.73 Å². The van der Waals surface area contributed by atoms with Crippen molar-refractivity contribution in [1.82, 2.24) is 4.90 Å². The van der Waals surface area contributed by atoms with Crippen molar-refractivity contribution in [2.45, 2.75) is 19.8 Å². The molecule has 0 atom stereocenters. The monoisotopic (exact) mass is 247 g/mol. The van der Waals surface area contributed by atoms with Gasteiger partial charge in [0.2, 0.25) is 5.91 Å². The number of amides is 1. The lowest BCUT2D eigenvalue weighted by molar-refractivity contribution is -0.117. The molecule has 1 aromatic rings. The van der Waals surface area contributed by atoms with Crippen LogP contribution in [0.1, 0.15) is 19.8 Å². The van der Waals surface area contributed by atoms with Crippen LogP contribution in [0.15, 0.2) is 24.3 Å². The summed E-state index contributed by atoms with van der Waals surface area (Å²) < 4.78 is 0. The molecule has 4 nitrogen and oxygen atoms in total. The largest absolute Gasteiger partial charge is 0.397 e. The average Bonchev–Trinajstić information content (AvgIpc) is 3.15. The van der Waals surface area contributed by atoms with Crippen LogP contribution in [0.4, 0.5) is 11.4 Å². The van der Waals surface area contributed by atoms with Crippen LogP contribution in [-0.2, 0) is 4.79 Å². The first-order valence-corrected chi connectivity index (χ1v) is 6.55. The Balaban J connectivity index is 1.85. The van der Waals surface area contributed by atoms with E-state index in [-0.39, 0.29) is 5.91 Å². The number of hydrogen-bond acceptors (Lipinski definition) is 3. The number of likely N-dealkylation sites (N-methyl/N-ethyl adjacent to an activating group) is 1. The molecule has 0 saturated heterocycles. The summed E-state index contributed by atoms with van der Waals surface area (Å²) in [6.07, 6.45) is 2.62. The second kappa shape index (κ2) is 5.87. The lowest BCUT2D eigenvalue weighted by atomic mass is 10.2. The molecule has 0 aliphatic heterocycles. The molecule has 1 aromatic carbocycles. The van der Waals surface area contributed by atoms with Gasteiger partial charge in [-0.05, 0) is 37.4 Å². The number of benzene rings is 1. The number of rotatable bonds is 6. The fourth-order valence-electron chi connectivity index (χ4n) is 1.97. The number of nitrogens with one attached hydrogen (secondary N) is 1. The van der Waals surface area contributed by atoms with Gasteiger partial charge in [-0.1, -0.05) is 19.1 Å². The standard InChI is InChI=1S/C14H21N3O/c1-2-17(9-11-7-8-11)10-14(18)16-13-6-4-3-5-12(13)15/h3-6,11H,2,7-10,15H2,1H3,(H,16,18). The molecule has 1 aliphatic rings. The molecule has 1 fully saturated rings. The topological polar surface area (TPSA) is 58.4 Å². The highest BCUT2D eigenvalue weighted by molar-refractivity contribution is 5.95. The second-order valence-corrected chi connectivity index (χ2v) is 4.91. The Kier molecular flexibility index (Phi) is 4.20. The Labute approximate surface area is 108 Å². The molecule has 4 heteroatoms. The number of nitrogens with zero attached hydrogens (tertiary/aromatic N) is 1. The zero-order chi connectivity index (χ0) is 13.0. The molecule has 0 heterocycles. The molecule has 2 rings (SSSR count). The summed E-state index contributed by atoms with van der Waals surface area (Å²) in [7, 11) is 0. The van der Waals surface area contributed by atoms with Crippen molar-refractivity contribution in [3.05, 3.63) is 24.3 Å². The molecule has 1 amide bonds. The molecule has 1 aliphatic carbocycles. The van der Waals surface area contributed by atoms with Crippen molar-refractivity contribution < 1.29 is 4.79 Å². The number of nitrogens with two attached hydrogens (primary N) is 1. The minimum Gasteiger partial charge on any atom is -0.397 e. The fourth-order valence-corrected chi connectivity index (χ4v) is 1.97. The fraction of sp³-hybridized carbons (Fsp3) is 0.500. The molecular weight excluding hydrogens is 226 g/mol. The van der Waals surface area contributed by atoms with Gasteiger partial charge in [-0.25, -0.2) is 0 Å². The van der Waals surface area contributed by atoms with Gasteiger partial charge in [0.15, 0.2) is 0 Å². The van der Waals surface area contributed by atoms with Crippen LogP contribution in [0, 0.1) is 5.92 Å². The molecule has 3 N–H and O–H groups in total. The Morgan fingerprint density at radius 2 is 2.17 bits per heavy atom. The third kappa shape index (κ3) is 3.74. The summed E-state index contributed by atoms with van der Waals surface area (Å²) in [4.78, 5) is 14.1. The van der Waals surface area contributed by atoms with E-state index in [2.05, 4.69) is 17.1 Å². The van der Waals surface area contributed by atoms with Crippen LogP contribution in [0.3, 0.4) is 0 Å². The zero-order valence-electron chi connectivity index (χ0n) is 10.9. The summed E-state index contributed by atoms with van der Waals surface area (Å²) >= 11 is 0. The van der Waals surface area contributed by atoms with E-state index < -0.39 is 0 Å². The van der Waals surface area contributed by atoms with Gasteiger partial charge in [-0.2, -0.15) is 0 Å². The van der Waals surface area contributed by atoms with Crippen molar-refractivity contribution in [2.24, 2.45) is 5.92 Å². The molecule has 18 heavy (non-hydrogen) atoms. The van der Waals surface area contributed by atoms with Crippen LogP contribution < -0.4 is 11.1 Å². The predicted molar refractivity (Wildman–Crippen MR) is 74.3 cm³/mol. The Morgan fingerprint density at radius 3 is 2.78 bits per heavy atom. The summed E-state index contributed by atoms with van der Waals surface area (Å²) in [6.45, 7) is 4.48. The molecule has 0 spiro atoms. The van der Waals surface area contributed by atoms with Crippen molar-refractivity contribution >= 4 is 17.3 Å². The number of anilines is 2. The van der Waals surface area contributed by atoms with Crippen LogP contribution in [0.5, 0.6) is 0 Å². The summed E-state index contributed by atoms with van der Waals surface area (Å²) in [5.41, 5.74) is 7.10. The quantitative estimate of drug-likeness (QED) is 0.755. The molecule has 0 radical (unpaired) electrons. The predicted octanol–water partition coefficient (Wildman–Crippen LogP) is 1.94. The molecule has 0 bridgehead atoms. The smallest absolute Gasteiger partial charge is 0.238 e. The highest BCUT2D eigenvalue weighted by Gasteiger charge is 2.24. The van der Waals surface area contributed by atoms with Crippen LogP contribution in [0.2, 0.25) is 0 Å². The highest BCUT2D eigenvalue weighted by Crippen LogP contribution is 2.29. The first-order chi connectivity index (χ1) is 8.69. The molecule has 1 saturated carbocycles. The maximum Gasteiger partial charge on any atom is 0.238 e. The van der Waals surface area contributed by atoms with Crippen molar-refractivity contribution in [2.75, 3.05) is 30.7 Å². The average molecular weight is 247 g/mol. The Hall–Kier alpha value is -1.55. The van der Waals surface area contributed by atoms with Gasteiger partial charge in [0.05, 0.1) is 17.9 Å². The van der Waals surface area contributed by atoms with E-state index in [0.717, 1.165) is 19.0 Å². The van der Waals surface area contributed by atoms with Gasteiger partial charge in [0.1, 0.15) is 0 Å². The lowest BCUT2D eigenvalue weighted by Gasteiger charge is -2.19. The van der Waals surface area contributed by atoms with Gasteiger partial charge >= 0.3 is 0 Å². The molecule has 98 valence electrons. The van der Waals surface area contributed by atoms with E-state index in [1.165, 1.54) is 12.8 Å². The van der Waals surface area contributed by atoms with Gasteiger partial charge in [0.25, 0.3) is 0 Å². The van der Waals surface area contributed by atoms with E-state index >= 15 is 0 Å². The number of nitrogen functional groups attached to an aromatic ring is 1. The third-order valence-electron chi connectivity index (χ3n) is 3.26. The van der Waals surface area contributed by atoms with E-state index in [9.17, 15) is 4.79 Å². The highest BCUT2D eigenvalue weighted by atomic mass is 16.2. The maximum atomic E-state index is 11.9. The normalized spacial score (nSPS) is 14.8. The van der Waals surface area contributed by atoms with Crippen LogP contribution in [-0.4, -0.2) is 30.4 Å². The lowest BCUT2D eigenvalue weighted by Crippen LogP contribution is -2.34. The molecule has 0 unspecified atom stereocenters. The first-order valence-electron chi connectivity index (χ1n) is 6.55. The number of hydrogen-bond donors (Lipinski definition) is 2. The number of para-hydroxylation sites is 2. The van der Waals surface area contributed by atoms with E-state index in [0.29, 0.717) is 17.9 Å². The zero-order valence-corrected chi connectivity index (χ0v) is 10.9. The summed E-state index contributed by atoms with van der Waals surface area (Å²) in [5, 5.41) is 2.86. The van der Waals surface area contributed by atoms with Crippen LogP contribution in [0.25, 0.3) is 0 Å². The van der Waals surface area contributed by atoms with Crippen molar-refractivity contribution in [3.8, 4) is 0 Å². The third-order valence-corrected chi connectivity index (χ3v) is 3.26. The van der Waals surface area contributed by atoms with E-state index in [1.807, 2.05) is 18.2 Å². The maximum absolute atomic E-state index is 11.9. The van der Waals surface area contributed by atoms with Crippen molar-refractivity contribution in [1.29, 1.82) is 0 Å². The summed E-state index contributed by atoms with van der Waals surface area (Å²) in [6, 6.07) is 7.34. The van der Waals surface area contributed by atoms with Gasteiger partial charge in [0, 0.05) is 6.54 Å². The second-order valence-electron chi connectivity index (χ2n) is 4.91. The first kappa shape index (κ1) is 12.9. The molecular formula is C14H21N3O. The Morgan fingerprint density at radius 1 is 1.44 bits per heavy atom. The minimum atomic E-state index is 0.00963. The summed E-state index contributed by atoms with van der Waals surface area (Å²) in [5.74, 6) is 0.815. The van der Waals surface area contributed by atoms with Gasteiger partial charge in [-0.15, -0.1) is 0 Å². The van der Waals surface area contributed by atoms with Crippen LogP contribution >= 0.6 is 0 Å². The Bertz CT molecular complexity index is 415. The number of carbonyl (C=O) groups is 1. The van der Waals surface area contributed by atoms with E-state index in [1.54, 1.807) is 6.07 Å². The molecule has 0 aromatic heterocycles. The van der Waals surface area contributed by atoms with Crippen molar-refractivity contribution in [3.63, 3.8) is 0 Å². The minimum absolute atomic E-state index is 0.00963. The van der Waals surface area contributed by atoms with Gasteiger partial charge in [-0.3, -0.25) is 9.69 Å². The number of carbonyl (C=O) groups excluding carboxylic acids is 1.